The summed E-state index contributed by atoms with van der Waals surface area (Å²) in [7, 11) is 0. The van der Waals surface area contributed by atoms with Crippen LogP contribution in [0.15, 0.2) is 24.3 Å². The summed E-state index contributed by atoms with van der Waals surface area (Å²) in [4.78, 5) is 0. The highest BCUT2D eigenvalue weighted by Crippen LogP contribution is 2.44. The standard InChI is InChI=1S/C19H30ClN/c1-5-21-18(16-8-6-7-9-17(16)20)14-10-12-15(13-11-14)19(2,3)4/h6-9,14-15,18,21H,5,10-13H2,1-4H3. The number of halogens is 1. The molecule has 1 aliphatic carbocycles. The molecule has 2 heteroatoms. The fourth-order valence-electron chi connectivity index (χ4n) is 3.80. The fraction of sp³-hybridized carbons (Fsp3) is 0.684. The summed E-state index contributed by atoms with van der Waals surface area (Å²) in [6, 6.07) is 8.73. The van der Waals surface area contributed by atoms with Gasteiger partial charge in [-0.05, 0) is 61.1 Å². The quantitative estimate of drug-likeness (QED) is 0.736. The molecule has 1 fully saturated rings. The molecule has 0 amide bonds. The number of rotatable bonds is 4. The van der Waals surface area contributed by atoms with E-state index in [1.165, 1.54) is 31.2 Å². The second kappa shape index (κ2) is 7.15. The molecule has 2 rings (SSSR count). The molecule has 0 saturated heterocycles. The Morgan fingerprint density at radius 1 is 1.14 bits per heavy atom. The van der Waals surface area contributed by atoms with E-state index in [0.29, 0.717) is 17.4 Å². The van der Waals surface area contributed by atoms with Gasteiger partial charge in [0, 0.05) is 11.1 Å². The van der Waals surface area contributed by atoms with Crippen molar-refractivity contribution in [1.29, 1.82) is 0 Å². The SMILES string of the molecule is CCNC(c1ccccc1Cl)C1CCC(C(C)(C)C)CC1. The van der Waals surface area contributed by atoms with Gasteiger partial charge in [0.1, 0.15) is 0 Å². The van der Waals surface area contributed by atoms with E-state index in [1.807, 2.05) is 12.1 Å². The molecule has 1 unspecified atom stereocenters. The number of benzene rings is 1. The molecule has 0 radical (unpaired) electrons. The van der Waals surface area contributed by atoms with Gasteiger partial charge in [-0.15, -0.1) is 0 Å². The summed E-state index contributed by atoms with van der Waals surface area (Å²) < 4.78 is 0. The minimum Gasteiger partial charge on any atom is -0.310 e. The van der Waals surface area contributed by atoms with E-state index in [1.54, 1.807) is 0 Å². The lowest BCUT2D eigenvalue weighted by atomic mass is 9.68. The van der Waals surface area contributed by atoms with Crippen molar-refractivity contribution in [3.05, 3.63) is 34.9 Å². The summed E-state index contributed by atoms with van der Waals surface area (Å²) in [6.07, 6.45) is 5.32. The van der Waals surface area contributed by atoms with Gasteiger partial charge in [-0.1, -0.05) is 57.5 Å². The molecule has 1 aliphatic rings. The first-order valence-electron chi connectivity index (χ1n) is 8.41. The van der Waals surface area contributed by atoms with Crippen LogP contribution < -0.4 is 5.32 Å². The highest BCUT2D eigenvalue weighted by atomic mass is 35.5. The third kappa shape index (κ3) is 4.23. The zero-order valence-electron chi connectivity index (χ0n) is 14.0. The lowest BCUT2D eigenvalue weighted by Crippen LogP contribution is -2.33. The molecule has 0 aliphatic heterocycles. The van der Waals surface area contributed by atoms with E-state index in [0.717, 1.165) is 17.5 Å². The first kappa shape index (κ1) is 16.8. The lowest BCUT2D eigenvalue weighted by Gasteiger charge is -2.40. The first-order valence-corrected chi connectivity index (χ1v) is 8.79. The second-order valence-corrected chi connectivity index (χ2v) is 7.94. The highest BCUT2D eigenvalue weighted by molar-refractivity contribution is 6.31. The van der Waals surface area contributed by atoms with Crippen LogP contribution >= 0.6 is 11.6 Å². The Morgan fingerprint density at radius 2 is 1.76 bits per heavy atom. The van der Waals surface area contributed by atoms with Crippen molar-refractivity contribution in [2.24, 2.45) is 17.3 Å². The first-order chi connectivity index (χ1) is 9.93. The van der Waals surface area contributed by atoms with Gasteiger partial charge < -0.3 is 5.32 Å². The van der Waals surface area contributed by atoms with Crippen LogP contribution in [0.2, 0.25) is 5.02 Å². The van der Waals surface area contributed by atoms with Gasteiger partial charge in [-0.25, -0.2) is 0 Å². The van der Waals surface area contributed by atoms with Gasteiger partial charge in [-0.3, -0.25) is 0 Å². The molecular formula is C19H30ClN. The summed E-state index contributed by atoms with van der Waals surface area (Å²) in [6.45, 7) is 10.3. The van der Waals surface area contributed by atoms with Crippen molar-refractivity contribution in [3.8, 4) is 0 Å². The summed E-state index contributed by atoms with van der Waals surface area (Å²) >= 11 is 6.44. The Morgan fingerprint density at radius 3 is 2.29 bits per heavy atom. The third-order valence-corrected chi connectivity index (χ3v) is 5.48. The number of nitrogens with one attached hydrogen (secondary N) is 1. The van der Waals surface area contributed by atoms with E-state index in [9.17, 15) is 0 Å². The molecule has 1 nitrogen and oxygen atoms in total. The second-order valence-electron chi connectivity index (χ2n) is 7.53. The molecule has 21 heavy (non-hydrogen) atoms. The van der Waals surface area contributed by atoms with E-state index in [4.69, 9.17) is 11.6 Å². The van der Waals surface area contributed by atoms with Gasteiger partial charge in [0.05, 0.1) is 0 Å². The molecule has 1 aromatic rings. The minimum absolute atomic E-state index is 0.407. The fourth-order valence-corrected chi connectivity index (χ4v) is 4.05. The van der Waals surface area contributed by atoms with Crippen molar-refractivity contribution in [1.82, 2.24) is 5.32 Å². The summed E-state index contributed by atoms with van der Waals surface area (Å²) in [5, 5.41) is 4.58. The largest absolute Gasteiger partial charge is 0.310 e. The molecular weight excluding hydrogens is 278 g/mol. The Hall–Kier alpha value is -0.530. The Balaban J connectivity index is 2.09. The predicted octanol–water partition coefficient (Wildman–Crippen LogP) is 5.84. The highest BCUT2D eigenvalue weighted by Gasteiger charge is 2.33. The van der Waals surface area contributed by atoms with Crippen LogP contribution in [-0.2, 0) is 0 Å². The van der Waals surface area contributed by atoms with Crippen LogP contribution in [0, 0.1) is 17.3 Å². The zero-order chi connectivity index (χ0) is 15.5. The topological polar surface area (TPSA) is 12.0 Å². The molecule has 1 atom stereocenters. The summed E-state index contributed by atoms with van der Waals surface area (Å²) in [5.41, 5.74) is 1.73. The molecule has 0 aromatic heterocycles. The molecule has 118 valence electrons. The van der Waals surface area contributed by atoms with Gasteiger partial charge in [0.25, 0.3) is 0 Å². The van der Waals surface area contributed by atoms with Crippen LogP contribution in [0.5, 0.6) is 0 Å². The van der Waals surface area contributed by atoms with Crippen molar-refractivity contribution >= 4 is 11.6 Å². The van der Waals surface area contributed by atoms with Gasteiger partial charge >= 0.3 is 0 Å². The van der Waals surface area contributed by atoms with Crippen molar-refractivity contribution in [2.45, 2.75) is 59.4 Å². The van der Waals surface area contributed by atoms with Crippen LogP contribution in [0.1, 0.15) is 65.0 Å². The van der Waals surface area contributed by atoms with Crippen molar-refractivity contribution in [2.75, 3.05) is 6.54 Å². The van der Waals surface area contributed by atoms with Crippen LogP contribution in [0.3, 0.4) is 0 Å². The van der Waals surface area contributed by atoms with Crippen LogP contribution in [0.25, 0.3) is 0 Å². The average molecular weight is 308 g/mol. The maximum atomic E-state index is 6.44. The van der Waals surface area contributed by atoms with Crippen molar-refractivity contribution < 1.29 is 0 Å². The maximum absolute atomic E-state index is 6.44. The van der Waals surface area contributed by atoms with E-state index >= 15 is 0 Å². The summed E-state index contributed by atoms with van der Waals surface area (Å²) in [5.74, 6) is 1.57. The van der Waals surface area contributed by atoms with Crippen molar-refractivity contribution in [3.63, 3.8) is 0 Å². The van der Waals surface area contributed by atoms with Gasteiger partial charge in [-0.2, -0.15) is 0 Å². The van der Waals surface area contributed by atoms with Gasteiger partial charge in [0.15, 0.2) is 0 Å². The molecule has 1 aromatic carbocycles. The number of hydrogen-bond donors (Lipinski definition) is 1. The predicted molar refractivity (Wildman–Crippen MR) is 92.8 cm³/mol. The Kier molecular flexibility index (Phi) is 5.73. The maximum Gasteiger partial charge on any atom is 0.0453 e. The molecule has 0 spiro atoms. The Labute approximate surface area is 135 Å². The molecule has 1 saturated carbocycles. The third-order valence-electron chi connectivity index (χ3n) is 5.13. The monoisotopic (exact) mass is 307 g/mol. The average Bonchev–Trinajstić information content (AvgIpc) is 2.45. The van der Waals surface area contributed by atoms with Crippen LogP contribution in [-0.4, -0.2) is 6.54 Å². The Bertz CT molecular complexity index is 441. The van der Waals surface area contributed by atoms with Gasteiger partial charge in [0.2, 0.25) is 0 Å². The molecule has 0 heterocycles. The van der Waals surface area contributed by atoms with Crippen LogP contribution in [0.4, 0.5) is 0 Å². The zero-order valence-corrected chi connectivity index (χ0v) is 14.7. The molecule has 1 N–H and O–H groups in total. The smallest absolute Gasteiger partial charge is 0.0453 e. The molecule has 0 bridgehead atoms. The number of hydrogen-bond acceptors (Lipinski definition) is 1. The van der Waals surface area contributed by atoms with E-state index in [2.05, 4.69) is 45.1 Å². The van der Waals surface area contributed by atoms with E-state index in [-0.39, 0.29) is 0 Å². The normalized spacial score (nSPS) is 24.8. The lowest BCUT2D eigenvalue weighted by molar-refractivity contribution is 0.133. The minimum atomic E-state index is 0.407. The van der Waals surface area contributed by atoms with E-state index < -0.39 is 0 Å².